The maximum Gasteiger partial charge on any atom is 0.252 e. The molecule has 1 atom stereocenters. The Hall–Kier alpha value is -2.48. The highest BCUT2D eigenvalue weighted by molar-refractivity contribution is 5.98. The fourth-order valence-electron chi connectivity index (χ4n) is 4.20. The molecule has 1 N–H and O–H groups in total. The number of rotatable bonds is 8. The summed E-state index contributed by atoms with van der Waals surface area (Å²) in [6.07, 6.45) is 5.52. The monoisotopic (exact) mass is 419 g/mol. The van der Waals surface area contributed by atoms with Crippen LogP contribution in [-0.4, -0.2) is 81.7 Å². The molecule has 0 saturated carbocycles. The fraction of sp³-hybridized carbons (Fsp3) is 0.636. The van der Waals surface area contributed by atoms with Crippen molar-refractivity contribution in [2.45, 2.75) is 38.1 Å². The summed E-state index contributed by atoms with van der Waals surface area (Å²) >= 11 is 0. The number of nitrogens with one attached hydrogen (secondary N) is 1. The first-order valence-electron chi connectivity index (χ1n) is 10.7. The number of carbonyl (C=O) groups is 2. The molecule has 30 heavy (non-hydrogen) atoms. The Bertz CT molecular complexity index is 717. The van der Waals surface area contributed by atoms with Crippen LogP contribution in [0.3, 0.4) is 0 Å². The van der Waals surface area contributed by atoms with Gasteiger partial charge in [0.05, 0.1) is 21.3 Å². The second-order valence-corrected chi connectivity index (χ2v) is 7.83. The average Bonchev–Trinajstić information content (AvgIpc) is 3.32. The van der Waals surface area contributed by atoms with Crippen molar-refractivity contribution in [2.24, 2.45) is 0 Å². The summed E-state index contributed by atoms with van der Waals surface area (Å²) in [6, 6.07) is 2.64. The largest absolute Gasteiger partial charge is 0.493 e. The molecule has 2 aliphatic heterocycles. The van der Waals surface area contributed by atoms with Gasteiger partial charge in [-0.05, 0) is 50.9 Å². The number of benzene rings is 1. The minimum atomic E-state index is -0.576. The van der Waals surface area contributed by atoms with Gasteiger partial charge in [0.25, 0.3) is 5.91 Å². The van der Waals surface area contributed by atoms with E-state index in [-0.39, 0.29) is 11.8 Å². The van der Waals surface area contributed by atoms with E-state index in [0.29, 0.717) is 29.4 Å². The van der Waals surface area contributed by atoms with Crippen molar-refractivity contribution in [1.82, 2.24) is 15.1 Å². The molecule has 0 spiro atoms. The number of likely N-dealkylation sites (tertiary alicyclic amines) is 2. The van der Waals surface area contributed by atoms with Gasteiger partial charge in [0, 0.05) is 25.2 Å². The summed E-state index contributed by atoms with van der Waals surface area (Å²) in [5.74, 6) is 0.901. The van der Waals surface area contributed by atoms with E-state index in [0.717, 1.165) is 51.9 Å². The summed E-state index contributed by atoms with van der Waals surface area (Å²) in [4.78, 5) is 30.4. The molecule has 2 heterocycles. The number of amides is 2. The van der Waals surface area contributed by atoms with Crippen LogP contribution in [0.2, 0.25) is 0 Å². The molecule has 0 aliphatic carbocycles. The third kappa shape index (κ3) is 5.16. The highest BCUT2D eigenvalue weighted by Gasteiger charge is 2.30. The molecule has 2 amide bonds. The van der Waals surface area contributed by atoms with Crippen LogP contribution in [0.15, 0.2) is 12.1 Å². The van der Waals surface area contributed by atoms with Crippen LogP contribution in [0.1, 0.15) is 42.5 Å². The van der Waals surface area contributed by atoms with E-state index >= 15 is 0 Å². The Morgan fingerprint density at radius 3 is 2.00 bits per heavy atom. The van der Waals surface area contributed by atoms with Crippen molar-refractivity contribution in [3.63, 3.8) is 0 Å². The van der Waals surface area contributed by atoms with Gasteiger partial charge < -0.3 is 29.3 Å². The van der Waals surface area contributed by atoms with E-state index in [1.165, 1.54) is 27.8 Å². The van der Waals surface area contributed by atoms with Gasteiger partial charge in [0.1, 0.15) is 6.04 Å². The second-order valence-electron chi connectivity index (χ2n) is 7.83. The first-order valence-corrected chi connectivity index (χ1v) is 10.7. The van der Waals surface area contributed by atoms with Crippen LogP contribution >= 0.6 is 0 Å². The summed E-state index contributed by atoms with van der Waals surface area (Å²) in [5, 5.41) is 2.97. The van der Waals surface area contributed by atoms with Crippen LogP contribution in [0.5, 0.6) is 17.2 Å². The minimum Gasteiger partial charge on any atom is -0.493 e. The van der Waals surface area contributed by atoms with Crippen LogP contribution in [-0.2, 0) is 4.79 Å². The average molecular weight is 420 g/mol. The first kappa shape index (κ1) is 22.2. The van der Waals surface area contributed by atoms with Crippen LogP contribution in [0, 0.1) is 0 Å². The Morgan fingerprint density at radius 2 is 1.47 bits per heavy atom. The lowest BCUT2D eigenvalue weighted by molar-refractivity contribution is -0.132. The van der Waals surface area contributed by atoms with Gasteiger partial charge in [-0.3, -0.25) is 9.59 Å². The van der Waals surface area contributed by atoms with Crippen molar-refractivity contribution in [3.05, 3.63) is 17.7 Å². The number of hydrogen-bond donors (Lipinski definition) is 1. The Labute approximate surface area is 178 Å². The van der Waals surface area contributed by atoms with E-state index < -0.39 is 6.04 Å². The predicted octanol–water partition coefficient (Wildman–Crippen LogP) is 1.92. The van der Waals surface area contributed by atoms with Gasteiger partial charge >= 0.3 is 0 Å². The van der Waals surface area contributed by atoms with Crippen LogP contribution in [0.4, 0.5) is 0 Å². The van der Waals surface area contributed by atoms with Gasteiger partial charge in [0.15, 0.2) is 11.5 Å². The van der Waals surface area contributed by atoms with E-state index in [2.05, 4.69) is 10.2 Å². The van der Waals surface area contributed by atoms with Crippen LogP contribution < -0.4 is 19.5 Å². The van der Waals surface area contributed by atoms with Gasteiger partial charge in [-0.1, -0.05) is 6.42 Å². The maximum absolute atomic E-state index is 13.1. The molecule has 2 fully saturated rings. The van der Waals surface area contributed by atoms with Gasteiger partial charge in [-0.25, -0.2) is 0 Å². The number of piperidine rings is 1. The molecule has 3 rings (SSSR count). The first-order chi connectivity index (χ1) is 14.6. The van der Waals surface area contributed by atoms with E-state index in [9.17, 15) is 9.59 Å². The summed E-state index contributed by atoms with van der Waals surface area (Å²) in [6.45, 7) is 3.98. The fourth-order valence-corrected chi connectivity index (χ4v) is 4.20. The molecular formula is C22H33N3O5. The van der Waals surface area contributed by atoms with E-state index in [4.69, 9.17) is 14.2 Å². The molecule has 0 radical (unpaired) electrons. The smallest absolute Gasteiger partial charge is 0.252 e. The molecule has 2 aliphatic rings. The van der Waals surface area contributed by atoms with Crippen molar-refractivity contribution < 1.29 is 23.8 Å². The molecule has 1 aromatic rings. The molecule has 8 heteroatoms. The lowest BCUT2D eigenvalue weighted by atomic mass is 10.1. The van der Waals surface area contributed by atoms with Gasteiger partial charge in [-0.15, -0.1) is 0 Å². The van der Waals surface area contributed by atoms with Gasteiger partial charge in [-0.2, -0.15) is 0 Å². The lowest BCUT2D eigenvalue weighted by Crippen LogP contribution is -2.54. The third-order valence-electron chi connectivity index (χ3n) is 5.84. The molecular weight excluding hydrogens is 386 g/mol. The number of methoxy groups -OCH3 is 3. The highest BCUT2D eigenvalue weighted by atomic mass is 16.5. The topological polar surface area (TPSA) is 80.3 Å². The zero-order valence-electron chi connectivity index (χ0n) is 18.2. The van der Waals surface area contributed by atoms with E-state index in [1.807, 2.05) is 4.90 Å². The number of ether oxygens (including phenoxy) is 3. The van der Waals surface area contributed by atoms with Crippen molar-refractivity contribution in [1.29, 1.82) is 0 Å². The number of hydrogen-bond acceptors (Lipinski definition) is 6. The Kier molecular flexibility index (Phi) is 7.79. The SMILES string of the molecule is COc1cc(C(=O)NC(CN2CCCCC2)C(=O)N2CCCC2)cc(OC)c1OC. The molecule has 1 unspecified atom stereocenters. The highest BCUT2D eigenvalue weighted by Crippen LogP contribution is 2.38. The molecule has 0 bridgehead atoms. The predicted molar refractivity (Wildman–Crippen MR) is 113 cm³/mol. The normalized spacial score (nSPS) is 18.0. The molecule has 2 saturated heterocycles. The Morgan fingerprint density at radius 1 is 0.900 bits per heavy atom. The molecule has 0 aromatic heterocycles. The quantitative estimate of drug-likeness (QED) is 0.694. The zero-order valence-corrected chi connectivity index (χ0v) is 18.2. The molecule has 166 valence electrons. The van der Waals surface area contributed by atoms with Gasteiger partial charge in [0.2, 0.25) is 11.7 Å². The number of nitrogens with zero attached hydrogens (tertiary/aromatic N) is 2. The van der Waals surface area contributed by atoms with E-state index in [1.54, 1.807) is 12.1 Å². The van der Waals surface area contributed by atoms with Crippen molar-refractivity contribution in [2.75, 3.05) is 54.1 Å². The summed E-state index contributed by atoms with van der Waals surface area (Å²) < 4.78 is 16.0. The minimum absolute atomic E-state index is 0.00105. The summed E-state index contributed by atoms with van der Waals surface area (Å²) in [5.41, 5.74) is 0.363. The zero-order chi connectivity index (χ0) is 21.5. The Balaban J connectivity index is 1.80. The van der Waals surface area contributed by atoms with Crippen molar-refractivity contribution >= 4 is 11.8 Å². The maximum atomic E-state index is 13.1. The lowest BCUT2D eigenvalue weighted by Gasteiger charge is -2.32. The summed E-state index contributed by atoms with van der Waals surface area (Å²) in [7, 11) is 4.54. The van der Waals surface area contributed by atoms with Crippen LogP contribution in [0.25, 0.3) is 0 Å². The number of carbonyl (C=O) groups excluding carboxylic acids is 2. The molecule has 1 aromatic carbocycles. The third-order valence-corrected chi connectivity index (χ3v) is 5.84. The molecule has 8 nitrogen and oxygen atoms in total. The van der Waals surface area contributed by atoms with Crippen molar-refractivity contribution in [3.8, 4) is 17.2 Å². The second kappa shape index (κ2) is 10.5. The standard InChI is InChI=1S/C22H33N3O5/c1-28-18-13-16(14-19(29-2)20(18)30-3)21(26)23-17(15-24-9-5-4-6-10-24)22(27)25-11-7-8-12-25/h13-14,17H,4-12,15H2,1-3H3,(H,23,26).